The van der Waals surface area contributed by atoms with Crippen LogP contribution in [0.1, 0.15) is 30.1 Å². The number of carbonyl (C=O) groups excluding carboxylic acids is 1. The second-order valence-corrected chi connectivity index (χ2v) is 4.75. The molecular weight excluding hydrogens is 212 g/mol. The molecule has 1 N–H and O–H groups in total. The van der Waals surface area contributed by atoms with Gasteiger partial charge in [0.1, 0.15) is 5.15 Å². The molecule has 1 saturated carbocycles. The molecule has 0 aliphatic heterocycles. The molecule has 2 rings (SSSR count). The Morgan fingerprint density at radius 2 is 2.40 bits per heavy atom. The Labute approximate surface area is 93.8 Å². The van der Waals surface area contributed by atoms with E-state index >= 15 is 0 Å². The molecule has 1 aliphatic rings. The zero-order valence-electron chi connectivity index (χ0n) is 8.59. The van der Waals surface area contributed by atoms with Crippen molar-refractivity contribution in [2.24, 2.45) is 5.41 Å². The van der Waals surface area contributed by atoms with E-state index in [1.165, 1.54) is 19.0 Å². The molecule has 0 bridgehead atoms. The predicted octanol–water partition coefficient (Wildman–Crippen LogP) is 2.26. The molecule has 1 aromatic rings. The van der Waals surface area contributed by atoms with Gasteiger partial charge in [0.2, 0.25) is 0 Å². The van der Waals surface area contributed by atoms with Crippen molar-refractivity contribution in [3.05, 3.63) is 29.0 Å². The van der Waals surface area contributed by atoms with Crippen LogP contribution in [0, 0.1) is 5.41 Å². The highest BCUT2D eigenvalue weighted by Gasteiger charge is 2.37. The number of amides is 1. The highest BCUT2D eigenvalue weighted by Crippen LogP contribution is 2.44. The van der Waals surface area contributed by atoms with Gasteiger partial charge in [-0.15, -0.1) is 0 Å². The van der Waals surface area contributed by atoms with E-state index in [0.29, 0.717) is 16.1 Å². The van der Waals surface area contributed by atoms with Crippen LogP contribution in [-0.2, 0) is 0 Å². The van der Waals surface area contributed by atoms with Gasteiger partial charge in [0, 0.05) is 18.3 Å². The van der Waals surface area contributed by atoms with Gasteiger partial charge in [-0.1, -0.05) is 18.5 Å². The van der Waals surface area contributed by atoms with Crippen molar-refractivity contribution in [3.63, 3.8) is 0 Å². The van der Waals surface area contributed by atoms with Gasteiger partial charge < -0.3 is 5.32 Å². The van der Waals surface area contributed by atoms with Gasteiger partial charge in [-0.2, -0.15) is 0 Å². The standard InChI is InChI=1S/C11H13ClN2O/c1-11(3-4-11)7-14-10(15)8-2-5-13-9(12)6-8/h2,5-6H,3-4,7H2,1H3,(H,14,15). The van der Waals surface area contributed by atoms with E-state index in [-0.39, 0.29) is 5.91 Å². The van der Waals surface area contributed by atoms with Crippen LogP contribution in [0.5, 0.6) is 0 Å². The highest BCUT2D eigenvalue weighted by atomic mass is 35.5. The number of aromatic nitrogens is 1. The van der Waals surface area contributed by atoms with E-state index in [1.807, 2.05) is 0 Å². The Balaban J connectivity index is 1.95. The number of rotatable bonds is 3. The number of pyridine rings is 1. The average molecular weight is 225 g/mol. The summed E-state index contributed by atoms with van der Waals surface area (Å²) in [5, 5.41) is 3.25. The first kappa shape index (κ1) is 10.4. The largest absolute Gasteiger partial charge is 0.351 e. The Bertz CT molecular complexity index is 388. The van der Waals surface area contributed by atoms with Crippen LogP contribution in [0.4, 0.5) is 0 Å². The lowest BCUT2D eigenvalue weighted by molar-refractivity contribution is 0.0946. The molecule has 1 amide bonds. The number of hydrogen-bond donors (Lipinski definition) is 1. The molecule has 0 atom stereocenters. The third-order valence-corrected chi connectivity index (χ3v) is 2.97. The summed E-state index contributed by atoms with van der Waals surface area (Å²) in [7, 11) is 0. The first-order valence-electron chi connectivity index (χ1n) is 4.99. The van der Waals surface area contributed by atoms with Crippen LogP contribution < -0.4 is 5.32 Å². The Kier molecular flexibility index (Phi) is 2.65. The van der Waals surface area contributed by atoms with Gasteiger partial charge in [-0.05, 0) is 30.4 Å². The fourth-order valence-corrected chi connectivity index (χ4v) is 1.50. The van der Waals surface area contributed by atoms with Crippen molar-refractivity contribution >= 4 is 17.5 Å². The van der Waals surface area contributed by atoms with Crippen LogP contribution in [-0.4, -0.2) is 17.4 Å². The summed E-state index contributed by atoms with van der Waals surface area (Å²) < 4.78 is 0. The lowest BCUT2D eigenvalue weighted by Crippen LogP contribution is -2.28. The Morgan fingerprint density at radius 1 is 1.67 bits per heavy atom. The summed E-state index contributed by atoms with van der Waals surface area (Å²) in [4.78, 5) is 15.5. The molecule has 0 radical (unpaired) electrons. The second-order valence-electron chi connectivity index (χ2n) is 4.36. The van der Waals surface area contributed by atoms with E-state index in [4.69, 9.17) is 11.6 Å². The van der Waals surface area contributed by atoms with E-state index in [1.54, 1.807) is 12.1 Å². The number of halogens is 1. The van der Waals surface area contributed by atoms with E-state index < -0.39 is 0 Å². The van der Waals surface area contributed by atoms with Crippen molar-refractivity contribution in [2.45, 2.75) is 19.8 Å². The van der Waals surface area contributed by atoms with Crippen LogP contribution in [0.2, 0.25) is 5.15 Å². The minimum Gasteiger partial charge on any atom is -0.351 e. The van der Waals surface area contributed by atoms with Gasteiger partial charge in [0.05, 0.1) is 0 Å². The Hall–Kier alpha value is -1.09. The van der Waals surface area contributed by atoms with Crippen molar-refractivity contribution in [1.29, 1.82) is 0 Å². The van der Waals surface area contributed by atoms with E-state index in [9.17, 15) is 4.79 Å². The lowest BCUT2D eigenvalue weighted by Gasteiger charge is -2.09. The maximum absolute atomic E-state index is 11.7. The van der Waals surface area contributed by atoms with Crippen LogP contribution in [0.15, 0.2) is 18.3 Å². The molecule has 0 aromatic carbocycles. The summed E-state index contributed by atoms with van der Waals surface area (Å²) in [6.45, 7) is 2.92. The molecule has 80 valence electrons. The summed E-state index contributed by atoms with van der Waals surface area (Å²) in [5.74, 6) is -0.0765. The molecule has 15 heavy (non-hydrogen) atoms. The third-order valence-electron chi connectivity index (χ3n) is 2.77. The van der Waals surface area contributed by atoms with Crippen molar-refractivity contribution < 1.29 is 4.79 Å². The van der Waals surface area contributed by atoms with Crippen molar-refractivity contribution in [2.75, 3.05) is 6.54 Å². The summed E-state index contributed by atoms with van der Waals surface area (Å²) in [6, 6.07) is 3.24. The lowest BCUT2D eigenvalue weighted by atomic mass is 10.1. The summed E-state index contributed by atoms with van der Waals surface area (Å²) in [5.41, 5.74) is 0.895. The van der Waals surface area contributed by atoms with Crippen LogP contribution >= 0.6 is 11.6 Å². The van der Waals surface area contributed by atoms with Gasteiger partial charge in [-0.25, -0.2) is 4.98 Å². The predicted molar refractivity (Wildman–Crippen MR) is 58.9 cm³/mol. The van der Waals surface area contributed by atoms with E-state index in [0.717, 1.165) is 6.54 Å². The average Bonchev–Trinajstić information content (AvgIpc) is 2.94. The smallest absolute Gasteiger partial charge is 0.251 e. The fourth-order valence-electron chi connectivity index (χ4n) is 1.33. The molecular formula is C11H13ClN2O. The molecule has 1 heterocycles. The fraction of sp³-hybridized carbons (Fsp3) is 0.455. The number of carbonyl (C=O) groups is 1. The quantitative estimate of drug-likeness (QED) is 0.801. The molecule has 1 aromatic heterocycles. The van der Waals surface area contributed by atoms with Gasteiger partial charge in [-0.3, -0.25) is 4.79 Å². The summed E-state index contributed by atoms with van der Waals surface area (Å²) in [6.07, 6.45) is 3.94. The minimum absolute atomic E-state index is 0.0765. The van der Waals surface area contributed by atoms with Gasteiger partial charge in [0.25, 0.3) is 5.91 Å². The summed E-state index contributed by atoms with van der Waals surface area (Å²) >= 11 is 5.70. The first-order valence-corrected chi connectivity index (χ1v) is 5.37. The molecule has 1 fully saturated rings. The minimum atomic E-state index is -0.0765. The first-order chi connectivity index (χ1) is 7.09. The molecule has 3 nitrogen and oxygen atoms in total. The van der Waals surface area contributed by atoms with Crippen molar-refractivity contribution in [1.82, 2.24) is 10.3 Å². The maximum atomic E-state index is 11.7. The molecule has 4 heteroatoms. The zero-order chi connectivity index (χ0) is 10.9. The topological polar surface area (TPSA) is 42.0 Å². The number of hydrogen-bond acceptors (Lipinski definition) is 2. The zero-order valence-corrected chi connectivity index (χ0v) is 9.34. The SMILES string of the molecule is CC1(CNC(=O)c2ccnc(Cl)c2)CC1. The van der Waals surface area contributed by atoms with Crippen LogP contribution in [0.3, 0.4) is 0 Å². The normalized spacial score (nSPS) is 17.2. The molecule has 1 aliphatic carbocycles. The highest BCUT2D eigenvalue weighted by molar-refractivity contribution is 6.29. The van der Waals surface area contributed by atoms with Gasteiger partial charge >= 0.3 is 0 Å². The molecule has 0 spiro atoms. The molecule has 0 saturated heterocycles. The number of nitrogens with one attached hydrogen (secondary N) is 1. The second kappa shape index (κ2) is 3.81. The number of nitrogens with zero attached hydrogens (tertiary/aromatic N) is 1. The molecule has 0 unspecified atom stereocenters. The Morgan fingerprint density at radius 3 is 3.00 bits per heavy atom. The van der Waals surface area contributed by atoms with E-state index in [2.05, 4.69) is 17.2 Å². The maximum Gasteiger partial charge on any atom is 0.251 e. The monoisotopic (exact) mass is 224 g/mol. The van der Waals surface area contributed by atoms with Crippen LogP contribution in [0.25, 0.3) is 0 Å². The third kappa shape index (κ3) is 2.69. The van der Waals surface area contributed by atoms with Crippen molar-refractivity contribution in [3.8, 4) is 0 Å². The van der Waals surface area contributed by atoms with Gasteiger partial charge in [0.15, 0.2) is 0 Å².